The lowest BCUT2D eigenvalue weighted by Crippen LogP contribution is -2.42. The van der Waals surface area contributed by atoms with Crippen LogP contribution in [0.1, 0.15) is 24.0 Å². The van der Waals surface area contributed by atoms with Gasteiger partial charge in [-0.15, -0.1) is 0 Å². The minimum Gasteiger partial charge on any atom is -0.496 e. The maximum absolute atomic E-state index is 10.9. The van der Waals surface area contributed by atoms with Gasteiger partial charge >= 0.3 is 0 Å². The highest BCUT2D eigenvalue weighted by Gasteiger charge is 2.34. The fourth-order valence-corrected chi connectivity index (χ4v) is 3.53. The molecule has 1 aromatic heterocycles. The van der Waals surface area contributed by atoms with Crippen LogP contribution in [0, 0.1) is 0 Å². The van der Waals surface area contributed by atoms with Crippen LogP contribution in [0.5, 0.6) is 17.2 Å². The molecule has 1 saturated heterocycles. The highest BCUT2D eigenvalue weighted by molar-refractivity contribution is 5.51. The lowest BCUT2D eigenvalue weighted by molar-refractivity contribution is -0.0280. The summed E-state index contributed by atoms with van der Waals surface area (Å²) in [6.07, 6.45) is 4.86. The Morgan fingerprint density at radius 1 is 1.24 bits per heavy atom. The van der Waals surface area contributed by atoms with Gasteiger partial charge in [-0.3, -0.25) is 9.88 Å². The van der Waals surface area contributed by atoms with Gasteiger partial charge in [0.05, 0.1) is 12.7 Å². The van der Waals surface area contributed by atoms with Crippen LogP contribution in [0.25, 0.3) is 0 Å². The van der Waals surface area contributed by atoms with E-state index in [1.165, 1.54) is 0 Å². The standard InChI is InChI=1S/C19H22N2O4/c1-23-16-10-18-17(24-13-25-18)9-14(16)12-21-7-4-19(22,5-8-21)15-3-2-6-20-11-15/h2-3,6,9-11,22H,4-5,7-8,12-13H2,1H3. The van der Waals surface area contributed by atoms with Crippen LogP contribution in [-0.4, -0.2) is 42.0 Å². The van der Waals surface area contributed by atoms with Crippen molar-refractivity contribution in [1.29, 1.82) is 0 Å². The summed E-state index contributed by atoms with van der Waals surface area (Å²) in [5.41, 5.74) is 1.18. The Balaban J connectivity index is 1.46. The highest BCUT2D eigenvalue weighted by atomic mass is 16.7. The molecule has 0 radical (unpaired) electrons. The van der Waals surface area contributed by atoms with Gasteiger partial charge in [-0.1, -0.05) is 6.07 Å². The molecule has 0 atom stereocenters. The molecule has 3 heterocycles. The fourth-order valence-electron chi connectivity index (χ4n) is 3.53. The minimum atomic E-state index is -0.788. The normalized spacial score (nSPS) is 19.0. The molecule has 0 saturated carbocycles. The van der Waals surface area contributed by atoms with Crippen LogP contribution in [0.3, 0.4) is 0 Å². The Bertz CT molecular complexity index is 743. The van der Waals surface area contributed by atoms with Crippen molar-refractivity contribution in [2.45, 2.75) is 25.0 Å². The monoisotopic (exact) mass is 342 g/mol. The van der Waals surface area contributed by atoms with E-state index in [9.17, 15) is 5.11 Å². The number of hydrogen-bond acceptors (Lipinski definition) is 6. The third-order valence-electron chi connectivity index (χ3n) is 5.05. The molecule has 2 aromatic rings. The largest absolute Gasteiger partial charge is 0.496 e. The average Bonchev–Trinajstić information content (AvgIpc) is 3.11. The SMILES string of the molecule is COc1cc2c(cc1CN1CCC(O)(c3cccnc3)CC1)OCO2. The number of methoxy groups -OCH3 is 1. The molecule has 0 bridgehead atoms. The summed E-state index contributed by atoms with van der Waals surface area (Å²) in [4.78, 5) is 6.46. The molecule has 0 spiro atoms. The van der Waals surface area contributed by atoms with E-state index in [2.05, 4.69) is 9.88 Å². The van der Waals surface area contributed by atoms with Crippen LogP contribution in [0.2, 0.25) is 0 Å². The third-order valence-corrected chi connectivity index (χ3v) is 5.05. The van der Waals surface area contributed by atoms with Crippen LogP contribution < -0.4 is 14.2 Å². The fraction of sp³-hybridized carbons (Fsp3) is 0.421. The number of fused-ring (bicyclic) bond motifs is 1. The van der Waals surface area contributed by atoms with Crippen molar-refractivity contribution >= 4 is 0 Å². The van der Waals surface area contributed by atoms with Crippen molar-refractivity contribution in [3.8, 4) is 17.2 Å². The second-order valence-corrected chi connectivity index (χ2v) is 6.57. The second kappa shape index (κ2) is 6.54. The Kier molecular flexibility index (Phi) is 4.23. The number of aromatic nitrogens is 1. The quantitative estimate of drug-likeness (QED) is 0.920. The summed E-state index contributed by atoms with van der Waals surface area (Å²) >= 11 is 0. The van der Waals surface area contributed by atoms with Crippen LogP contribution in [-0.2, 0) is 12.1 Å². The molecule has 25 heavy (non-hydrogen) atoms. The number of rotatable bonds is 4. The van der Waals surface area contributed by atoms with Gasteiger partial charge in [0.15, 0.2) is 11.5 Å². The number of piperidine rings is 1. The van der Waals surface area contributed by atoms with Crippen molar-refractivity contribution in [3.05, 3.63) is 47.8 Å². The van der Waals surface area contributed by atoms with Gasteiger partial charge in [0.2, 0.25) is 6.79 Å². The number of aliphatic hydroxyl groups is 1. The molecule has 4 rings (SSSR count). The lowest BCUT2D eigenvalue weighted by atomic mass is 9.85. The van der Waals surface area contributed by atoms with Gasteiger partial charge in [0, 0.05) is 49.2 Å². The summed E-state index contributed by atoms with van der Waals surface area (Å²) in [5.74, 6) is 2.29. The maximum Gasteiger partial charge on any atom is 0.231 e. The first-order valence-electron chi connectivity index (χ1n) is 8.50. The molecule has 132 valence electrons. The van der Waals surface area contributed by atoms with E-state index in [4.69, 9.17) is 14.2 Å². The van der Waals surface area contributed by atoms with E-state index in [-0.39, 0.29) is 6.79 Å². The Morgan fingerprint density at radius 3 is 2.68 bits per heavy atom. The van der Waals surface area contributed by atoms with E-state index in [0.717, 1.165) is 48.0 Å². The summed E-state index contributed by atoms with van der Waals surface area (Å²) in [6.45, 7) is 2.62. The maximum atomic E-state index is 10.9. The Morgan fingerprint density at radius 2 is 2.00 bits per heavy atom. The van der Waals surface area contributed by atoms with Crippen LogP contribution in [0.15, 0.2) is 36.7 Å². The molecule has 2 aliphatic rings. The first-order valence-corrected chi connectivity index (χ1v) is 8.50. The van der Waals surface area contributed by atoms with Gasteiger partial charge in [-0.25, -0.2) is 0 Å². The van der Waals surface area contributed by atoms with Crippen molar-refractivity contribution in [2.75, 3.05) is 27.0 Å². The zero-order chi connectivity index (χ0) is 17.3. The van der Waals surface area contributed by atoms with E-state index < -0.39 is 5.60 Å². The molecule has 0 amide bonds. The molecule has 6 heteroatoms. The van der Waals surface area contributed by atoms with E-state index in [0.29, 0.717) is 12.8 Å². The van der Waals surface area contributed by atoms with Gasteiger partial charge in [0.25, 0.3) is 0 Å². The Labute approximate surface area is 147 Å². The van der Waals surface area contributed by atoms with Crippen molar-refractivity contribution in [2.24, 2.45) is 0 Å². The predicted molar refractivity (Wildman–Crippen MR) is 91.8 cm³/mol. The molecule has 0 aliphatic carbocycles. The molecular weight excluding hydrogens is 320 g/mol. The summed E-state index contributed by atoms with van der Waals surface area (Å²) in [5, 5.41) is 10.9. The van der Waals surface area contributed by atoms with Gasteiger partial charge in [-0.05, 0) is 25.0 Å². The van der Waals surface area contributed by atoms with E-state index in [1.54, 1.807) is 19.5 Å². The number of ether oxygens (including phenoxy) is 3. The molecule has 1 aromatic carbocycles. The second-order valence-electron chi connectivity index (χ2n) is 6.57. The topological polar surface area (TPSA) is 64.1 Å². The number of benzene rings is 1. The van der Waals surface area contributed by atoms with Crippen LogP contribution in [0.4, 0.5) is 0 Å². The lowest BCUT2D eigenvalue weighted by Gasteiger charge is -2.38. The van der Waals surface area contributed by atoms with Gasteiger partial charge < -0.3 is 19.3 Å². The van der Waals surface area contributed by atoms with Gasteiger partial charge in [-0.2, -0.15) is 0 Å². The highest BCUT2D eigenvalue weighted by Crippen LogP contribution is 2.39. The van der Waals surface area contributed by atoms with E-state index >= 15 is 0 Å². The smallest absolute Gasteiger partial charge is 0.231 e. The number of likely N-dealkylation sites (tertiary alicyclic amines) is 1. The molecule has 6 nitrogen and oxygen atoms in total. The average molecular weight is 342 g/mol. The van der Waals surface area contributed by atoms with Crippen molar-refractivity contribution < 1.29 is 19.3 Å². The van der Waals surface area contributed by atoms with E-state index in [1.807, 2.05) is 24.3 Å². The predicted octanol–water partition coefficient (Wildman–Crippen LogP) is 2.30. The summed E-state index contributed by atoms with van der Waals surface area (Å²) < 4.78 is 16.4. The Hall–Kier alpha value is -2.31. The zero-order valence-electron chi connectivity index (χ0n) is 14.3. The number of nitrogens with zero attached hydrogens (tertiary/aromatic N) is 2. The van der Waals surface area contributed by atoms with Gasteiger partial charge in [0.1, 0.15) is 5.75 Å². The molecular formula is C19H22N2O4. The first kappa shape index (κ1) is 16.2. The molecule has 1 fully saturated rings. The molecule has 2 aliphatic heterocycles. The first-order chi connectivity index (χ1) is 12.2. The zero-order valence-corrected chi connectivity index (χ0v) is 14.3. The number of pyridine rings is 1. The van der Waals surface area contributed by atoms with Crippen molar-refractivity contribution in [1.82, 2.24) is 9.88 Å². The third kappa shape index (κ3) is 3.15. The summed E-state index contributed by atoms with van der Waals surface area (Å²) in [6, 6.07) is 7.69. The van der Waals surface area contributed by atoms with Crippen molar-refractivity contribution in [3.63, 3.8) is 0 Å². The van der Waals surface area contributed by atoms with Crippen LogP contribution >= 0.6 is 0 Å². The number of hydrogen-bond donors (Lipinski definition) is 1. The molecule has 1 N–H and O–H groups in total. The summed E-state index contributed by atoms with van der Waals surface area (Å²) in [7, 11) is 1.67. The minimum absolute atomic E-state index is 0.254. The molecule has 0 unspecified atom stereocenters.